The molecule has 1 atom stereocenters. The molecule has 1 aromatic carbocycles. The fourth-order valence-corrected chi connectivity index (χ4v) is 2.27. The molecule has 96 valence electrons. The van der Waals surface area contributed by atoms with Gasteiger partial charge in [0.05, 0.1) is 17.6 Å². The van der Waals surface area contributed by atoms with Crippen molar-refractivity contribution in [2.45, 2.75) is 13.0 Å². The Kier molecular flexibility index (Phi) is 3.91. The predicted molar refractivity (Wildman–Crippen MR) is 75.9 cm³/mol. The van der Waals surface area contributed by atoms with Gasteiger partial charge >= 0.3 is 0 Å². The number of nitrogens with one attached hydrogen (secondary N) is 1. The highest BCUT2D eigenvalue weighted by Gasteiger charge is 2.10. The van der Waals surface area contributed by atoms with Crippen LogP contribution in [0.5, 0.6) is 5.75 Å². The van der Waals surface area contributed by atoms with E-state index in [0.29, 0.717) is 0 Å². The first-order chi connectivity index (χ1) is 8.61. The summed E-state index contributed by atoms with van der Waals surface area (Å²) in [7, 11) is 3.65. The highest BCUT2D eigenvalue weighted by atomic mass is 79.9. The molecule has 0 spiro atoms. The van der Waals surface area contributed by atoms with Crippen molar-refractivity contribution in [1.29, 1.82) is 0 Å². The summed E-state index contributed by atoms with van der Waals surface area (Å²) in [6, 6.07) is 6.07. The summed E-state index contributed by atoms with van der Waals surface area (Å²) in [4.78, 5) is 4.33. The third kappa shape index (κ3) is 2.67. The summed E-state index contributed by atoms with van der Waals surface area (Å²) in [5, 5.41) is 3.40. The van der Waals surface area contributed by atoms with Crippen LogP contribution >= 0.6 is 15.9 Å². The summed E-state index contributed by atoms with van der Waals surface area (Å²) >= 11 is 3.44. The van der Waals surface area contributed by atoms with Gasteiger partial charge in [-0.3, -0.25) is 0 Å². The fourth-order valence-electron chi connectivity index (χ4n) is 1.86. The van der Waals surface area contributed by atoms with Gasteiger partial charge in [-0.05, 0) is 35.0 Å². The van der Waals surface area contributed by atoms with Crippen molar-refractivity contribution in [2.75, 3.05) is 12.4 Å². The van der Waals surface area contributed by atoms with Gasteiger partial charge in [0.2, 0.25) is 0 Å². The Hall–Kier alpha value is -1.49. The molecule has 1 N–H and O–H groups in total. The molecule has 1 aromatic heterocycles. The Morgan fingerprint density at radius 3 is 2.83 bits per heavy atom. The number of methoxy groups -OCH3 is 1. The number of rotatable bonds is 4. The second kappa shape index (κ2) is 5.44. The third-order valence-corrected chi connectivity index (χ3v) is 3.44. The Balaban J connectivity index is 2.17. The monoisotopic (exact) mass is 309 g/mol. The van der Waals surface area contributed by atoms with Crippen LogP contribution in [0.15, 0.2) is 35.1 Å². The van der Waals surface area contributed by atoms with Gasteiger partial charge in [0.15, 0.2) is 0 Å². The van der Waals surface area contributed by atoms with Crippen LogP contribution in [0.1, 0.15) is 18.8 Å². The SMILES string of the molecule is COc1cc(NC(C)c2nccn2C)ccc1Br. The average Bonchev–Trinajstić information content (AvgIpc) is 2.78. The van der Waals surface area contributed by atoms with Crippen LogP contribution in [-0.2, 0) is 7.05 Å². The minimum Gasteiger partial charge on any atom is -0.495 e. The molecule has 0 saturated heterocycles. The number of ether oxygens (including phenoxy) is 1. The summed E-state index contributed by atoms with van der Waals surface area (Å²) in [5.41, 5.74) is 1.01. The van der Waals surface area contributed by atoms with Crippen molar-refractivity contribution in [3.05, 3.63) is 40.9 Å². The second-order valence-electron chi connectivity index (χ2n) is 4.11. The predicted octanol–water partition coefficient (Wildman–Crippen LogP) is 3.36. The second-order valence-corrected chi connectivity index (χ2v) is 4.97. The van der Waals surface area contributed by atoms with Crippen molar-refractivity contribution in [1.82, 2.24) is 9.55 Å². The van der Waals surface area contributed by atoms with Gasteiger partial charge in [0.1, 0.15) is 11.6 Å². The van der Waals surface area contributed by atoms with E-state index in [-0.39, 0.29) is 6.04 Å². The van der Waals surface area contributed by atoms with Crippen LogP contribution in [0.25, 0.3) is 0 Å². The number of hydrogen-bond donors (Lipinski definition) is 1. The first-order valence-electron chi connectivity index (χ1n) is 5.69. The zero-order valence-corrected chi connectivity index (χ0v) is 12.2. The van der Waals surface area contributed by atoms with Crippen molar-refractivity contribution in [3.8, 4) is 5.75 Å². The molecular formula is C13H16BrN3O. The van der Waals surface area contributed by atoms with Crippen molar-refractivity contribution < 1.29 is 4.74 Å². The van der Waals surface area contributed by atoms with Gasteiger partial charge < -0.3 is 14.6 Å². The standard InChI is InChI=1S/C13H16BrN3O/c1-9(13-15-6-7-17(13)2)16-10-4-5-11(14)12(8-10)18-3/h4-9,16H,1-3H3. The molecule has 0 radical (unpaired) electrons. The van der Waals surface area contributed by atoms with Gasteiger partial charge in [-0.1, -0.05) is 0 Å². The van der Waals surface area contributed by atoms with Crippen LogP contribution in [0.3, 0.4) is 0 Å². The lowest BCUT2D eigenvalue weighted by Crippen LogP contribution is -2.11. The third-order valence-electron chi connectivity index (χ3n) is 2.78. The molecule has 0 amide bonds. The molecular weight excluding hydrogens is 294 g/mol. The molecule has 0 fully saturated rings. The first-order valence-corrected chi connectivity index (χ1v) is 6.48. The summed E-state index contributed by atoms with van der Waals surface area (Å²) in [6.07, 6.45) is 3.74. The molecule has 2 aromatic rings. The number of aryl methyl sites for hydroxylation is 1. The van der Waals surface area contributed by atoms with E-state index in [1.165, 1.54) is 0 Å². The zero-order chi connectivity index (χ0) is 13.1. The molecule has 0 aliphatic carbocycles. The molecule has 1 unspecified atom stereocenters. The Bertz CT molecular complexity index is 539. The minimum absolute atomic E-state index is 0.135. The number of imidazole rings is 1. The lowest BCUT2D eigenvalue weighted by molar-refractivity contribution is 0.412. The molecule has 4 nitrogen and oxygen atoms in total. The fraction of sp³-hybridized carbons (Fsp3) is 0.308. The van der Waals surface area contributed by atoms with E-state index in [1.54, 1.807) is 13.3 Å². The molecule has 1 heterocycles. The molecule has 0 aliphatic rings. The van der Waals surface area contributed by atoms with E-state index in [9.17, 15) is 0 Å². The number of nitrogens with zero attached hydrogens (tertiary/aromatic N) is 2. The molecule has 2 rings (SSSR count). The first kappa shape index (κ1) is 13.0. The molecule has 0 bridgehead atoms. The molecule has 0 saturated carbocycles. The van der Waals surface area contributed by atoms with E-state index < -0.39 is 0 Å². The number of anilines is 1. The van der Waals surface area contributed by atoms with Crippen LogP contribution in [0.2, 0.25) is 0 Å². The Morgan fingerprint density at radius 2 is 2.22 bits per heavy atom. The minimum atomic E-state index is 0.135. The smallest absolute Gasteiger partial charge is 0.135 e. The normalized spacial score (nSPS) is 12.2. The maximum atomic E-state index is 5.27. The maximum absolute atomic E-state index is 5.27. The summed E-state index contributed by atoms with van der Waals surface area (Å²) in [6.45, 7) is 2.08. The van der Waals surface area contributed by atoms with Crippen molar-refractivity contribution >= 4 is 21.6 Å². The van der Waals surface area contributed by atoms with E-state index in [2.05, 4.69) is 33.2 Å². The largest absolute Gasteiger partial charge is 0.495 e. The van der Waals surface area contributed by atoms with Gasteiger partial charge in [0, 0.05) is 31.2 Å². The lowest BCUT2D eigenvalue weighted by atomic mass is 10.2. The Morgan fingerprint density at radius 1 is 1.44 bits per heavy atom. The van der Waals surface area contributed by atoms with E-state index in [4.69, 9.17) is 4.74 Å². The number of aromatic nitrogens is 2. The quantitative estimate of drug-likeness (QED) is 0.941. The topological polar surface area (TPSA) is 39.1 Å². The highest BCUT2D eigenvalue weighted by Crippen LogP contribution is 2.29. The van der Waals surface area contributed by atoms with E-state index in [0.717, 1.165) is 21.7 Å². The van der Waals surface area contributed by atoms with Gasteiger partial charge in [-0.15, -0.1) is 0 Å². The lowest BCUT2D eigenvalue weighted by Gasteiger charge is -2.16. The number of benzene rings is 1. The zero-order valence-electron chi connectivity index (χ0n) is 10.6. The van der Waals surface area contributed by atoms with E-state index >= 15 is 0 Å². The van der Waals surface area contributed by atoms with Crippen molar-refractivity contribution in [2.24, 2.45) is 7.05 Å². The van der Waals surface area contributed by atoms with Crippen molar-refractivity contribution in [3.63, 3.8) is 0 Å². The summed E-state index contributed by atoms with van der Waals surface area (Å²) < 4.78 is 8.23. The van der Waals surface area contributed by atoms with Crippen LogP contribution in [0, 0.1) is 0 Å². The molecule has 18 heavy (non-hydrogen) atoms. The number of halogens is 1. The van der Waals surface area contributed by atoms with Crippen LogP contribution < -0.4 is 10.1 Å². The van der Waals surface area contributed by atoms with Gasteiger partial charge in [-0.25, -0.2) is 4.98 Å². The molecule has 0 aliphatic heterocycles. The number of hydrogen-bond acceptors (Lipinski definition) is 3. The van der Waals surface area contributed by atoms with Crippen LogP contribution in [0.4, 0.5) is 5.69 Å². The van der Waals surface area contributed by atoms with Gasteiger partial charge in [-0.2, -0.15) is 0 Å². The van der Waals surface area contributed by atoms with E-state index in [1.807, 2.05) is 36.0 Å². The highest BCUT2D eigenvalue weighted by molar-refractivity contribution is 9.10. The molecule has 5 heteroatoms. The Labute approximate surface area is 115 Å². The summed E-state index contributed by atoms with van der Waals surface area (Å²) in [5.74, 6) is 1.81. The average molecular weight is 310 g/mol. The maximum Gasteiger partial charge on any atom is 0.135 e. The van der Waals surface area contributed by atoms with Crippen LogP contribution in [-0.4, -0.2) is 16.7 Å². The van der Waals surface area contributed by atoms with Gasteiger partial charge in [0.25, 0.3) is 0 Å².